The largest absolute Gasteiger partial charge is 0.465 e. The number of benzene rings is 1. The van der Waals surface area contributed by atoms with Gasteiger partial charge in [-0.05, 0) is 37.5 Å². The first kappa shape index (κ1) is 15.9. The second-order valence-electron chi connectivity index (χ2n) is 4.44. The van der Waals surface area contributed by atoms with Crippen molar-refractivity contribution in [1.82, 2.24) is 0 Å². The van der Waals surface area contributed by atoms with Crippen molar-refractivity contribution in [2.75, 3.05) is 12.4 Å². The Labute approximate surface area is 122 Å². The molecule has 1 aromatic carbocycles. The Balaban J connectivity index is 2.68. The molecular weight excluding hydrogens is 308 g/mol. The summed E-state index contributed by atoms with van der Waals surface area (Å²) < 4.78 is 4.66. The number of carbonyl (C=O) groups excluding carboxylic acids is 2. The average molecular weight is 327 g/mol. The van der Waals surface area contributed by atoms with E-state index in [-0.39, 0.29) is 11.8 Å². The second-order valence-corrected chi connectivity index (χ2v) is 5.24. The lowest BCUT2D eigenvalue weighted by Crippen LogP contribution is -2.06. The maximum absolute atomic E-state index is 12.1. The summed E-state index contributed by atoms with van der Waals surface area (Å²) >= 11 is 3.37. The normalized spacial score (nSPS) is 10.3. The number of halogens is 1. The molecule has 0 unspecified atom stereocenters. The third-order valence-corrected chi connectivity index (χ3v) is 3.55. The third kappa shape index (κ3) is 4.78. The van der Waals surface area contributed by atoms with E-state index in [9.17, 15) is 9.59 Å². The van der Waals surface area contributed by atoms with Crippen molar-refractivity contribution in [2.45, 2.75) is 32.6 Å². The van der Waals surface area contributed by atoms with Crippen molar-refractivity contribution in [3.05, 3.63) is 34.9 Å². The molecule has 0 saturated carbocycles. The fraction of sp³-hybridized carbons (Fsp3) is 0.467. The molecule has 0 aliphatic rings. The van der Waals surface area contributed by atoms with E-state index in [0.29, 0.717) is 17.5 Å². The van der Waals surface area contributed by atoms with Crippen molar-refractivity contribution >= 4 is 27.7 Å². The van der Waals surface area contributed by atoms with Crippen molar-refractivity contribution < 1.29 is 14.3 Å². The lowest BCUT2D eigenvalue weighted by atomic mass is 9.98. The van der Waals surface area contributed by atoms with Gasteiger partial charge in [-0.1, -0.05) is 28.4 Å². The van der Waals surface area contributed by atoms with E-state index in [2.05, 4.69) is 20.7 Å². The van der Waals surface area contributed by atoms with Gasteiger partial charge < -0.3 is 4.74 Å². The third-order valence-electron chi connectivity index (χ3n) is 2.99. The summed E-state index contributed by atoms with van der Waals surface area (Å²) in [6.07, 6.45) is 3.61. The van der Waals surface area contributed by atoms with Crippen molar-refractivity contribution in [1.29, 1.82) is 0 Å². The van der Waals surface area contributed by atoms with Crippen LogP contribution in [0, 0.1) is 6.92 Å². The molecule has 4 heteroatoms. The van der Waals surface area contributed by atoms with E-state index >= 15 is 0 Å². The molecule has 104 valence electrons. The Bertz CT molecular complexity index is 455. The van der Waals surface area contributed by atoms with E-state index < -0.39 is 0 Å². The van der Waals surface area contributed by atoms with Crippen LogP contribution in [0.15, 0.2) is 18.2 Å². The molecule has 0 amide bonds. The minimum atomic E-state index is -0.376. The summed E-state index contributed by atoms with van der Waals surface area (Å²) in [7, 11) is 1.35. The Morgan fingerprint density at radius 1 is 1.21 bits per heavy atom. The van der Waals surface area contributed by atoms with Crippen molar-refractivity contribution in [2.24, 2.45) is 0 Å². The number of hydrogen-bond acceptors (Lipinski definition) is 3. The van der Waals surface area contributed by atoms with Crippen LogP contribution in [0.1, 0.15) is 52.0 Å². The zero-order valence-corrected chi connectivity index (χ0v) is 13.0. The Morgan fingerprint density at radius 3 is 2.53 bits per heavy atom. The number of alkyl halides is 1. The van der Waals surface area contributed by atoms with E-state index in [1.165, 1.54) is 7.11 Å². The summed E-state index contributed by atoms with van der Waals surface area (Å²) in [6.45, 7) is 1.85. The molecule has 0 aliphatic heterocycles. The highest BCUT2D eigenvalue weighted by Gasteiger charge is 2.12. The molecular formula is C15H19BrO3. The zero-order chi connectivity index (χ0) is 14.3. The van der Waals surface area contributed by atoms with Gasteiger partial charge in [0.05, 0.1) is 12.7 Å². The number of rotatable bonds is 7. The predicted octanol–water partition coefficient (Wildman–Crippen LogP) is 3.92. The van der Waals surface area contributed by atoms with E-state index in [4.69, 9.17) is 0 Å². The van der Waals surface area contributed by atoms with Gasteiger partial charge in [-0.15, -0.1) is 0 Å². The van der Waals surface area contributed by atoms with Gasteiger partial charge in [-0.25, -0.2) is 4.79 Å². The topological polar surface area (TPSA) is 43.4 Å². The second kappa shape index (κ2) is 8.10. The lowest BCUT2D eigenvalue weighted by Gasteiger charge is -2.07. The number of ketones is 1. The van der Waals surface area contributed by atoms with Gasteiger partial charge in [0, 0.05) is 17.3 Å². The van der Waals surface area contributed by atoms with Crippen LogP contribution in [0.5, 0.6) is 0 Å². The van der Waals surface area contributed by atoms with Gasteiger partial charge >= 0.3 is 5.97 Å². The number of carbonyl (C=O) groups is 2. The predicted molar refractivity (Wildman–Crippen MR) is 79.1 cm³/mol. The highest BCUT2D eigenvalue weighted by atomic mass is 79.9. The van der Waals surface area contributed by atoms with Crippen LogP contribution >= 0.6 is 15.9 Å². The number of hydrogen-bond donors (Lipinski definition) is 0. The van der Waals surface area contributed by atoms with Crippen LogP contribution in [0.4, 0.5) is 0 Å². The number of ether oxygens (including phenoxy) is 1. The Hall–Kier alpha value is -1.16. The van der Waals surface area contributed by atoms with Crippen LogP contribution in [0.2, 0.25) is 0 Å². The van der Waals surface area contributed by atoms with Gasteiger partial charge in [-0.2, -0.15) is 0 Å². The van der Waals surface area contributed by atoms with Crippen LogP contribution in [0.25, 0.3) is 0 Å². The lowest BCUT2D eigenvalue weighted by molar-refractivity contribution is 0.0600. The summed E-state index contributed by atoms with van der Waals surface area (Å²) in [5, 5.41) is 0.980. The summed E-state index contributed by atoms with van der Waals surface area (Å²) in [6, 6.07) is 5.07. The van der Waals surface area contributed by atoms with Gasteiger partial charge in [0.15, 0.2) is 5.78 Å². The molecule has 19 heavy (non-hydrogen) atoms. The number of unbranched alkanes of at least 4 members (excludes halogenated alkanes) is 2. The fourth-order valence-electron chi connectivity index (χ4n) is 1.91. The SMILES string of the molecule is COC(=O)c1ccc(C(=O)CCCCCBr)c(C)c1. The van der Waals surface area contributed by atoms with Crippen LogP contribution in [0.3, 0.4) is 0 Å². The highest BCUT2D eigenvalue weighted by molar-refractivity contribution is 9.09. The monoisotopic (exact) mass is 326 g/mol. The maximum atomic E-state index is 12.1. The molecule has 0 aromatic heterocycles. The average Bonchev–Trinajstić information content (AvgIpc) is 2.42. The quantitative estimate of drug-likeness (QED) is 0.330. The van der Waals surface area contributed by atoms with Crippen LogP contribution in [-0.2, 0) is 4.74 Å². The number of Topliss-reactive ketones (excluding diaryl/α,β-unsaturated/α-hetero) is 1. The smallest absolute Gasteiger partial charge is 0.337 e. The van der Waals surface area contributed by atoms with Crippen molar-refractivity contribution in [3.8, 4) is 0 Å². The van der Waals surface area contributed by atoms with E-state index in [0.717, 1.165) is 30.2 Å². The molecule has 0 spiro atoms. The molecule has 0 radical (unpaired) electrons. The molecule has 0 aliphatic carbocycles. The van der Waals surface area contributed by atoms with Gasteiger partial charge in [0.2, 0.25) is 0 Å². The molecule has 0 N–H and O–H groups in total. The fourth-order valence-corrected chi connectivity index (χ4v) is 2.31. The zero-order valence-electron chi connectivity index (χ0n) is 11.4. The van der Waals surface area contributed by atoms with Crippen LogP contribution in [-0.4, -0.2) is 24.2 Å². The standard InChI is InChI=1S/C15H19BrO3/c1-11-10-12(15(18)19-2)7-8-13(11)14(17)6-4-3-5-9-16/h7-8,10H,3-6,9H2,1-2H3. The van der Waals surface area contributed by atoms with Gasteiger partial charge in [-0.3, -0.25) is 4.79 Å². The first-order valence-corrected chi connectivity index (χ1v) is 7.50. The molecule has 0 atom stereocenters. The first-order chi connectivity index (χ1) is 9.10. The van der Waals surface area contributed by atoms with Gasteiger partial charge in [0.25, 0.3) is 0 Å². The molecule has 3 nitrogen and oxygen atoms in total. The minimum Gasteiger partial charge on any atom is -0.465 e. The molecule has 0 heterocycles. The summed E-state index contributed by atoms with van der Waals surface area (Å²) in [5.41, 5.74) is 2.01. The van der Waals surface area contributed by atoms with Crippen molar-refractivity contribution in [3.63, 3.8) is 0 Å². The van der Waals surface area contributed by atoms with E-state index in [1.807, 2.05) is 6.92 Å². The molecule has 0 bridgehead atoms. The highest BCUT2D eigenvalue weighted by Crippen LogP contribution is 2.16. The molecule has 0 fully saturated rings. The Morgan fingerprint density at radius 2 is 1.95 bits per heavy atom. The summed E-state index contributed by atoms with van der Waals surface area (Å²) in [5.74, 6) is -0.233. The Kier molecular flexibility index (Phi) is 6.78. The summed E-state index contributed by atoms with van der Waals surface area (Å²) in [4.78, 5) is 23.4. The molecule has 1 rings (SSSR count). The number of aryl methyl sites for hydroxylation is 1. The first-order valence-electron chi connectivity index (χ1n) is 6.38. The number of methoxy groups -OCH3 is 1. The minimum absolute atomic E-state index is 0.142. The van der Waals surface area contributed by atoms with E-state index in [1.54, 1.807) is 18.2 Å². The maximum Gasteiger partial charge on any atom is 0.337 e. The molecule has 0 saturated heterocycles. The van der Waals surface area contributed by atoms with Crippen LogP contribution < -0.4 is 0 Å². The van der Waals surface area contributed by atoms with Gasteiger partial charge in [0.1, 0.15) is 0 Å². The number of esters is 1. The molecule has 1 aromatic rings.